The molecule has 121 heavy (non-hydrogen) atoms. The Morgan fingerprint density at radius 1 is 0.653 bits per heavy atom. The molecule has 1 aromatic rings. The number of amides is 11. The highest BCUT2D eigenvalue weighted by atomic mass is 16.7. The molecule has 11 amide bonds. The number of likely N-dealkylation sites (N-methyl/N-ethyl adjacent to an activating group) is 1. The second kappa shape index (κ2) is 49.4. The van der Waals surface area contributed by atoms with Crippen LogP contribution in [0.3, 0.4) is 0 Å². The number of cyclic esters (lactones) is 1. The van der Waals surface area contributed by atoms with Gasteiger partial charge in [0.25, 0.3) is 11.8 Å². The van der Waals surface area contributed by atoms with Crippen molar-refractivity contribution in [1.82, 2.24) is 47.4 Å². The minimum atomic E-state index is -2.51. The quantitative estimate of drug-likeness (QED) is 0.0169. The molecule has 27 N–H and O–H groups in total. The molecule has 0 spiro atoms. The fourth-order valence-electron chi connectivity index (χ4n) is 13.5. The average Bonchev–Trinajstić information content (AvgIpc) is 0.811. The number of carboxylic acids is 1. The number of nitrogens with zero attached hydrogens (tertiary/aromatic N) is 1. The molecule has 46 nitrogen and oxygen atoms in total. The predicted octanol–water partition coefficient (Wildman–Crippen LogP) is -9.46. The van der Waals surface area contributed by atoms with Crippen LogP contribution < -0.4 is 54.0 Å². The van der Waals surface area contributed by atoms with E-state index in [1.165, 1.54) is 6.92 Å². The summed E-state index contributed by atoms with van der Waals surface area (Å²) in [7, 11) is 0.932. The van der Waals surface area contributed by atoms with Gasteiger partial charge in [-0.1, -0.05) is 95.8 Å². The second-order valence-electron chi connectivity index (χ2n) is 30.1. The lowest BCUT2D eigenvalue weighted by Crippen LogP contribution is -2.65. The Balaban J connectivity index is 1.62. The third-order valence-corrected chi connectivity index (χ3v) is 20.7. The zero-order valence-electron chi connectivity index (χ0n) is 68.0. The number of carboxylic acid groups (broad SMARTS) is 1. The maximum Gasteiger partial charge on any atom is 0.335 e. The van der Waals surface area contributed by atoms with Gasteiger partial charge in [0, 0.05) is 19.9 Å². The van der Waals surface area contributed by atoms with Crippen LogP contribution in [0, 0.1) is 0 Å². The third kappa shape index (κ3) is 30.0. The SMILES string of the molecule is C/C=C1\NC(=O)C(C(O)c2ccc(O)cc2)NC(=O)C(C(C)O)NC(=O)C(NC(=O)C(NC(=O)C(O)C(CCCCCCCCCCCCC)O[C@@H]2OC[C@@H](O)[C@@H](O[C@H]3O[C@@H](C(=O)O)[C@@H](O)[C@@H](O)[C@@H]3O)[C@@H]2O)C(C)O)C(C)OC(=O)[C@@H](CCC(N)=O)NC(=O)C(C(C)O[C@H]2O[C@@H](CO)[C@H](O)[C@@H](O)[C@H]2O)N(C)C(=O)CNC(=O)[C@H](CCC(N)=O)NC1=O. The van der Waals surface area contributed by atoms with Crippen molar-refractivity contribution in [3.8, 4) is 5.75 Å². The van der Waals surface area contributed by atoms with Crippen LogP contribution in [0.2, 0.25) is 0 Å². The number of phenols is 1. The summed E-state index contributed by atoms with van der Waals surface area (Å²) in [4.78, 5) is 184. The van der Waals surface area contributed by atoms with Crippen molar-refractivity contribution in [3.05, 3.63) is 41.6 Å². The number of rotatable bonds is 36. The molecule has 4 fully saturated rings. The normalized spacial score (nSPS) is 31.4. The van der Waals surface area contributed by atoms with Gasteiger partial charge in [-0.2, -0.15) is 0 Å². The van der Waals surface area contributed by atoms with Gasteiger partial charge >= 0.3 is 11.9 Å². The lowest BCUT2D eigenvalue weighted by molar-refractivity contribution is -0.349. The fourth-order valence-corrected chi connectivity index (χ4v) is 13.5. The van der Waals surface area contributed by atoms with Crippen LogP contribution in [0.5, 0.6) is 5.75 Å². The van der Waals surface area contributed by atoms with Crippen molar-refractivity contribution in [3.63, 3.8) is 0 Å². The van der Waals surface area contributed by atoms with Crippen molar-refractivity contribution >= 4 is 76.9 Å². The number of aliphatic carboxylic acids is 1. The maximum absolute atomic E-state index is 15.2. The van der Waals surface area contributed by atoms with Gasteiger partial charge in [0.05, 0.1) is 44.2 Å². The first-order valence-electron chi connectivity index (χ1n) is 39.8. The van der Waals surface area contributed by atoms with Gasteiger partial charge in [0.15, 0.2) is 31.1 Å². The van der Waals surface area contributed by atoms with E-state index in [0.29, 0.717) is 17.7 Å². The minimum absolute atomic E-state index is 0.171. The molecule has 0 saturated carbocycles. The van der Waals surface area contributed by atoms with Crippen molar-refractivity contribution in [2.24, 2.45) is 11.5 Å². The number of nitrogens with one attached hydrogen (secondary N) is 8. The van der Waals surface area contributed by atoms with Crippen LogP contribution in [-0.2, 0) is 95.5 Å². The van der Waals surface area contributed by atoms with E-state index in [-0.39, 0.29) is 24.2 Å². The van der Waals surface area contributed by atoms with Crippen molar-refractivity contribution in [2.75, 3.05) is 26.8 Å². The molecule has 12 unspecified atom stereocenters. The number of carbonyl (C=O) groups excluding carboxylic acids is 12. The molecule has 46 heteroatoms. The van der Waals surface area contributed by atoms with E-state index in [2.05, 4.69) is 49.5 Å². The largest absolute Gasteiger partial charge is 0.508 e. The first-order valence-corrected chi connectivity index (χ1v) is 39.8. The number of aromatic hydroxyl groups is 1. The number of ether oxygens (including phenoxy) is 7. The first kappa shape index (κ1) is 103. The van der Waals surface area contributed by atoms with E-state index < -0.39 is 299 Å². The number of unbranched alkanes of at least 4 members (excludes halogenated alkanes) is 10. The number of aliphatic hydroxyl groups excluding tert-OH is 13. The summed E-state index contributed by atoms with van der Waals surface area (Å²) in [6.07, 6.45) is -36.5. The molecule has 0 aliphatic carbocycles. The molecule has 4 saturated heterocycles. The molecule has 684 valence electrons. The summed E-state index contributed by atoms with van der Waals surface area (Å²) in [5.74, 6) is -19.1. The number of phenolic OH excluding ortho intramolecular Hbond substituents is 1. The monoisotopic (exact) mass is 1730 g/mol. The topological polar surface area (TPSA) is 741 Å². The molecular weight excluding hydrogens is 1610 g/mol. The zero-order chi connectivity index (χ0) is 90.6. The van der Waals surface area contributed by atoms with Gasteiger partial charge in [0.2, 0.25) is 53.2 Å². The van der Waals surface area contributed by atoms with Gasteiger partial charge in [-0.3, -0.25) is 52.7 Å². The number of allylic oxidation sites excluding steroid dienone is 1. The van der Waals surface area contributed by atoms with Gasteiger partial charge in [-0.15, -0.1) is 0 Å². The highest BCUT2D eigenvalue weighted by Gasteiger charge is 2.53. The summed E-state index contributed by atoms with van der Waals surface area (Å²) in [6, 6.07) is -11.4. The number of benzene rings is 1. The highest BCUT2D eigenvalue weighted by Crippen LogP contribution is 2.31. The van der Waals surface area contributed by atoms with E-state index >= 15 is 9.59 Å². The number of primary amides is 2. The molecule has 4 aliphatic rings. The maximum atomic E-state index is 15.2. The zero-order valence-corrected chi connectivity index (χ0v) is 68.0. The summed E-state index contributed by atoms with van der Waals surface area (Å²) in [5.41, 5.74) is 9.95. The summed E-state index contributed by atoms with van der Waals surface area (Å²) >= 11 is 0. The van der Waals surface area contributed by atoms with Crippen LogP contribution >= 0.6 is 0 Å². The van der Waals surface area contributed by atoms with E-state index in [0.717, 1.165) is 116 Å². The standard InChI is InChI=1S/C75H119N11O35/c1-8-10-11-12-13-14-15-16-17-18-19-20-42(118-73-60(103)61(41(91)31-115-73)120-75-59(102)56(99)57(100)62(121-75)71(112)113)54(97)70(111)83-48(33(4)89)65(106)84-49-34(5)116-72(114)40(26-28-45(77)93)81-69(110)51(35(6)117-74-58(101)55(98)53(96)43(30-87)119-74)86(7)46(94)29-78-63(104)39(25-27-44(76)92)80-64(105)38(9-2)79-68(109)50(52(95)36-21-23-37(90)24-22-36)85-66(107)47(32(3)88)82-67(49)108/h9,21-24,32-35,39-43,47-62,73-75,87-91,95-103H,8,10-20,25-31H2,1-7H3,(H2,76,92)(H2,77,93)(H,78,104)(H,79,109)(H,80,105)(H,81,110)(H,82,108)(H,83,111)(H,84,106)(H,85,107)(H,112,113)/b38-9-/t32?,33?,34?,35?,39-,40+,41+,42?,43-,47?,48?,49?,50?,51?,52?,53-,54?,55+,56+,57-,58+,59-,60-,61+,62+,73-,74-,75-/m0/s1. The van der Waals surface area contributed by atoms with Crippen molar-refractivity contribution < 1.29 is 172 Å². The Morgan fingerprint density at radius 2 is 1.22 bits per heavy atom. The molecular formula is C75H119N11O35. The molecule has 0 aromatic heterocycles. The number of hydrogen-bond acceptors (Lipinski definition) is 34. The molecule has 0 radical (unpaired) electrons. The van der Waals surface area contributed by atoms with Crippen molar-refractivity contribution in [2.45, 2.75) is 315 Å². The van der Waals surface area contributed by atoms with Crippen LogP contribution in [-0.4, -0.2) is 350 Å². The van der Waals surface area contributed by atoms with E-state index in [4.69, 9.17) is 44.6 Å². The average molecular weight is 1730 g/mol. The number of carbonyl (C=O) groups is 13. The first-order chi connectivity index (χ1) is 57.0. The third-order valence-electron chi connectivity index (χ3n) is 20.7. The van der Waals surface area contributed by atoms with Crippen LogP contribution in [0.15, 0.2) is 36.0 Å². The van der Waals surface area contributed by atoms with Crippen LogP contribution in [0.4, 0.5) is 0 Å². The van der Waals surface area contributed by atoms with E-state index in [1.807, 2.05) is 0 Å². The molecule has 28 atom stereocenters. The summed E-state index contributed by atoms with van der Waals surface area (Å²) in [6.45, 7) is 4.18. The highest BCUT2D eigenvalue weighted by molar-refractivity contribution is 6.03. The molecule has 0 bridgehead atoms. The van der Waals surface area contributed by atoms with Gasteiger partial charge < -0.3 is 169 Å². The fraction of sp³-hybridized carbons (Fsp3) is 0.720. The van der Waals surface area contributed by atoms with Gasteiger partial charge in [-0.25, -0.2) is 9.59 Å². The molecule has 5 rings (SSSR count). The Kier molecular flexibility index (Phi) is 41.9. The second-order valence-corrected chi connectivity index (χ2v) is 30.1. The van der Waals surface area contributed by atoms with Crippen LogP contribution in [0.25, 0.3) is 0 Å². The smallest absolute Gasteiger partial charge is 0.335 e. The predicted molar refractivity (Wildman–Crippen MR) is 409 cm³/mol. The Bertz CT molecular complexity index is 3640. The minimum Gasteiger partial charge on any atom is -0.508 e. The summed E-state index contributed by atoms with van der Waals surface area (Å²) < 4.78 is 39.5. The van der Waals surface area contributed by atoms with Gasteiger partial charge in [0.1, 0.15) is 127 Å². The lowest BCUT2D eigenvalue weighted by atomic mass is 9.98. The van der Waals surface area contributed by atoms with Crippen molar-refractivity contribution in [1.29, 1.82) is 0 Å². The van der Waals surface area contributed by atoms with Crippen LogP contribution in [0.1, 0.15) is 156 Å². The Hall–Kier alpha value is -8.89. The summed E-state index contributed by atoms with van der Waals surface area (Å²) in [5, 5.41) is 180. The van der Waals surface area contributed by atoms with E-state index in [1.54, 1.807) is 0 Å². The molecule has 4 heterocycles. The van der Waals surface area contributed by atoms with E-state index in [9.17, 15) is 129 Å². The number of aliphatic hydroxyl groups is 13. The lowest BCUT2D eigenvalue weighted by Gasteiger charge is -2.44. The Morgan fingerprint density at radius 3 is 1.79 bits per heavy atom. The number of esters is 1. The number of nitrogens with two attached hydrogens (primary N) is 2. The van der Waals surface area contributed by atoms with Gasteiger partial charge in [-0.05, 0) is 71.6 Å². The Labute approximate surface area is 695 Å². The molecule has 1 aromatic carbocycles. The molecule has 4 aliphatic heterocycles. The number of hydrogen-bond donors (Lipinski definition) is 25.